The maximum atomic E-state index is 11.6. The molecule has 0 aliphatic carbocycles. The van der Waals surface area contributed by atoms with E-state index in [0.29, 0.717) is 0 Å². The number of halogens is 7. The van der Waals surface area contributed by atoms with Crippen LogP contribution in [0, 0.1) is 0 Å². The van der Waals surface area contributed by atoms with E-state index in [9.17, 15) is 36.2 Å². The Hall–Kier alpha value is 0.340. The van der Waals surface area contributed by atoms with E-state index in [0.717, 1.165) is 0 Å². The first-order valence-electron chi connectivity index (χ1n) is 2.48. The Morgan fingerprint density at radius 2 is 1.21 bits per heavy atom. The molecule has 0 aliphatic rings. The van der Waals surface area contributed by atoms with E-state index in [1.165, 1.54) is 0 Å². The molecule has 2 nitrogen and oxygen atoms in total. The number of hydrogen-bond donors (Lipinski definition) is 0. The molecular formula is C4ClF6NaO2. The Balaban J connectivity index is 0. The minimum absolute atomic E-state index is 0. The zero-order chi connectivity index (χ0) is 11.1. The third-order valence-corrected chi connectivity index (χ3v) is 1.65. The second-order valence-corrected chi connectivity index (χ2v) is 2.51. The van der Waals surface area contributed by atoms with Crippen molar-refractivity contribution in [1.29, 1.82) is 0 Å². The van der Waals surface area contributed by atoms with Crippen molar-refractivity contribution in [2.24, 2.45) is 0 Å². The van der Waals surface area contributed by atoms with Gasteiger partial charge in [-0.05, 0) is 0 Å². The number of alkyl halides is 7. The molecule has 78 valence electrons. The van der Waals surface area contributed by atoms with Gasteiger partial charge in [-0.15, -0.1) is 0 Å². The fourth-order valence-electron chi connectivity index (χ4n) is 0.392. The van der Waals surface area contributed by atoms with Crippen molar-refractivity contribution >= 4 is 17.6 Å². The van der Waals surface area contributed by atoms with Gasteiger partial charge in [0.25, 0.3) is 4.87 Å². The first-order valence-corrected chi connectivity index (χ1v) is 2.86. The van der Waals surface area contributed by atoms with Crippen LogP contribution in [0.5, 0.6) is 0 Å². The number of hydrogen-bond acceptors (Lipinski definition) is 2. The van der Waals surface area contributed by atoms with E-state index in [1.54, 1.807) is 0 Å². The van der Waals surface area contributed by atoms with E-state index in [4.69, 9.17) is 0 Å². The van der Waals surface area contributed by atoms with Crippen molar-refractivity contribution in [2.75, 3.05) is 0 Å². The van der Waals surface area contributed by atoms with Gasteiger partial charge in [0.05, 0.1) is 5.97 Å². The molecule has 0 amide bonds. The van der Waals surface area contributed by atoms with Gasteiger partial charge in [0.2, 0.25) is 0 Å². The minimum atomic E-state index is -6.16. The molecule has 10 heteroatoms. The molecule has 0 saturated carbocycles. The summed E-state index contributed by atoms with van der Waals surface area (Å²) in [5.74, 6) is -3.45. The zero-order valence-electron chi connectivity index (χ0n) is 6.46. The van der Waals surface area contributed by atoms with Crippen molar-refractivity contribution in [2.45, 2.75) is 17.2 Å². The first-order chi connectivity index (χ1) is 5.44. The predicted octanol–water partition coefficient (Wildman–Crippen LogP) is -2.16. The van der Waals surface area contributed by atoms with E-state index >= 15 is 0 Å². The van der Waals surface area contributed by atoms with Crippen LogP contribution in [0.3, 0.4) is 0 Å². The van der Waals surface area contributed by atoms with Gasteiger partial charge in [0.15, 0.2) is 0 Å². The average molecular weight is 252 g/mol. The normalized spacial score (nSPS) is 13.4. The molecule has 0 radical (unpaired) electrons. The van der Waals surface area contributed by atoms with Gasteiger partial charge in [0, 0.05) is 0 Å². The van der Waals surface area contributed by atoms with Gasteiger partial charge in [-0.25, -0.2) is 0 Å². The van der Waals surface area contributed by atoms with Crippen molar-refractivity contribution in [3.05, 3.63) is 0 Å². The smallest absolute Gasteiger partial charge is 0.547 e. The van der Waals surface area contributed by atoms with Crippen LogP contribution in [-0.4, -0.2) is 23.2 Å². The summed E-state index contributed by atoms with van der Waals surface area (Å²) in [5, 5.41) is 9.63. The molecule has 0 aromatic carbocycles. The summed E-state index contributed by atoms with van der Waals surface area (Å²) in [7, 11) is 0. The molecule has 0 bridgehead atoms. The van der Waals surface area contributed by atoms with Gasteiger partial charge in [-0.1, -0.05) is 11.6 Å². The number of rotatable bonds is 1. The molecule has 0 aliphatic heterocycles. The second-order valence-electron chi connectivity index (χ2n) is 1.94. The fourth-order valence-corrected chi connectivity index (χ4v) is 0.392. The Labute approximate surface area is 100 Å². The summed E-state index contributed by atoms with van der Waals surface area (Å²) >= 11 is 3.91. The molecule has 0 spiro atoms. The fraction of sp³-hybridized carbons (Fsp3) is 0.750. The molecule has 0 saturated heterocycles. The van der Waals surface area contributed by atoms with E-state index in [-0.39, 0.29) is 29.6 Å². The van der Waals surface area contributed by atoms with Gasteiger partial charge in [0.1, 0.15) is 0 Å². The Morgan fingerprint density at radius 1 is 1.00 bits per heavy atom. The van der Waals surface area contributed by atoms with Gasteiger partial charge in [-0.3, -0.25) is 0 Å². The molecule has 0 aromatic rings. The summed E-state index contributed by atoms with van der Waals surface area (Å²) in [6, 6.07) is 0. The zero-order valence-corrected chi connectivity index (χ0v) is 9.22. The van der Waals surface area contributed by atoms with E-state index < -0.39 is 23.2 Å². The quantitative estimate of drug-likeness (QED) is 0.303. The number of carboxylic acids is 1. The van der Waals surface area contributed by atoms with Gasteiger partial charge < -0.3 is 9.90 Å². The summed E-state index contributed by atoms with van der Waals surface area (Å²) in [4.78, 5) is 4.28. The number of aliphatic carboxylic acids is 1. The van der Waals surface area contributed by atoms with Gasteiger partial charge in [-0.2, -0.15) is 26.3 Å². The Bertz CT molecular complexity index is 209. The minimum Gasteiger partial charge on any atom is -0.547 e. The van der Waals surface area contributed by atoms with E-state index in [1.807, 2.05) is 0 Å². The monoisotopic (exact) mass is 252 g/mol. The molecule has 0 heterocycles. The first kappa shape index (κ1) is 16.8. The summed E-state index contributed by atoms with van der Waals surface area (Å²) in [6.07, 6.45) is -12.3. The van der Waals surface area contributed by atoms with Crippen LogP contribution in [-0.2, 0) is 4.79 Å². The predicted molar refractivity (Wildman–Crippen MR) is 25.7 cm³/mol. The van der Waals surface area contributed by atoms with Crippen LogP contribution in [0.15, 0.2) is 0 Å². The number of carbonyl (C=O) groups excluding carboxylic acids is 1. The van der Waals surface area contributed by atoms with Crippen LogP contribution in [0.25, 0.3) is 0 Å². The molecule has 14 heavy (non-hydrogen) atoms. The largest absolute Gasteiger partial charge is 1.00 e. The maximum absolute atomic E-state index is 11.6. The Kier molecular flexibility index (Phi) is 5.34. The van der Waals surface area contributed by atoms with Crippen LogP contribution in [0.4, 0.5) is 26.3 Å². The summed E-state index contributed by atoms with van der Waals surface area (Å²) < 4.78 is 69.5. The molecule has 0 rings (SSSR count). The standard InChI is InChI=1S/C4HClF6O2.Na/c5-2(1(12)13,3(6,7)8)4(9,10)11;/h(H,12,13);/q;+1/p-1. The SMILES string of the molecule is O=C([O-])C(Cl)(C(F)(F)F)C(F)(F)F.[Na+]. The second kappa shape index (κ2) is 4.46. The van der Waals surface area contributed by atoms with Crippen LogP contribution in [0.2, 0.25) is 0 Å². The summed E-state index contributed by atoms with van der Waals surface area (Å²) in [5.41, 5.74) is 0. The number of carboxylic acid groups (broad SMARTS) is 1. The van der Waals surface area contributed by atoms with Gasteiger partial charge >= 0.3 is 41.9 Å². The van der Waals surface area contributed by atoms with Crippen molar-refractivity contribution < 1.29 is 65.8 Å². The maximum Gasteiger partial charge on any atom is 1.00 e. The van der Waals surface area contributed by atoms with E-state index in [2.05, 4.69) is 11.6 Å². The van der Waals surface area contributed by atoms with Crippen molar-refractivity contribution in [3.8, 4) is 0 Å². The molecule has 0 aromatic heterocycles. The van der Waals surface area contributed by atoms with Crippen LogP contribution in [0.1, 0.15) is 0 Å². The Morgan fingerprint density at radius 3 is 1.21 bits per heavy atom. The van der Waals surface area contributed by atoms with Crippen LogP contribution < -0.4 is 34.7 Å². The molecule has 0 fully saturated rings. The summed E-state index contributed by atoms with van der Waals surface area (Å²) in [6.45, 7) is 0. The molecular weight excluding hydrogens is 252 g/mol. The van der Waals surface area contributed by atoms with Crippen LogP contribution >= 0.6 is 11.6 Å². The topological polar surface area (TPSA) is 40.1 Å². The van der Waals surface area contributed by atoms with Crippen molar-refractivity contribution in [3.63, 3.8) is 0 Å². The molecule has 0 N–H and O–H groups in total. The van der Waals surface area contributed by atoms with Crippen molar-refractivity contribution in [1.82, 2.24) is 0 Å². The molecule has 0 atom stereocenters. The molecule has 0 unspecified atom stereocenters. The average Bonchev–Trinajstić information content (AvgIpc) is 1.80. The third-order valence-electron chi connectivity index (χ3n) is 1.06. The number of carbonyl (C=O) groups is 1. The third kappa shape index (κ3) is 2.68.